The molecule has 1 N–H and O–H groups in total. The molecule has 0 bridgehead atoms. The van der Waals surface area contributed by atoms with Crippen LogP contribution < -0.4 is 24.4 Å². The lowest BCUT2D eigenvalue weighted by Crippen LogP contribution is -2.44. The fourth-order valence-electron chi connectivity index (χ4n) is 2.95. The van der Waals surface area contributed by atoms with Gasteiger partial charge in [0.15, 0.2) is 12.7 Å². The molecule has 1 aliphatic heterocycles. The minimum Gasteiger partial charge on any atom is -0.494 e. The van der Waals surface area contributed by atoms with Gasteiger partial charge in [-0.15, -0.1) is 6.58 Å². The number of amides is 2. The van der Waals surface area contributed by atoms with Crippen LogP contribution in [-0.4, -0.2) is 37.7 Å². The second kappa shape index (κ2) is 9.14. The Morgan fingerprint density at radius 1 is 1.21 bits per heavy atom. The number of benzene rings is 2. The Bertz CT molecular complexity index is 895. The van der Waals surface area contributed by atoms with Crippen LogP contribution in [-0.2, 0) is 9.59 Å². The molecule has 0 aliphatic carbocycles. The van der Waals surface area contributed by atoms with Crippen molar-refractivity contribution in [2.24, 2.45) is 0 Å². The smallest absolute Gasteiger partial charge is 0.268 e. The van der Waals surface area contributed by atoms with E-state index < -0.39 is 6.10 Å². The Hall–Kier alpha value is -3.48. The lowest BCUT2D eigenvalue weighted by Gasteiger charge is -2.32. The highest BCUT2D eigenvalue weighted by atomic mass is 16.5. The molecule has 0 radical (unpaired) electrons. The van der Waals surface area contributed by atoms with Crippen molar-refractivity contribution in [3.63, 3.8) is 0 Å². The van der Waals surface area contributed by atoms with E-state index >= 15 is 0 Å². The van der Waals surface area contributed by atoms with Crippen molar-refractivity contribution < 1.29 is 23.8 Å². The fourth-order valence-corrected chi connectivity index (χ4v) is 2.95. The monoisotopic (exact) mass is 396 g/mol. The average molecular weight is 396 g/mol. The molecule has 2 aromatic carbocycles. The molecule has 7 heteroatoms. The van der Waals surface area contributed by atoms with Gasteiger partial charge in [-0.2, -0.15) is 0 Å². The molecule has 0 spiro atoms. The van der Waals surface area contributed by atoms with Crippen LogP contribution >= 0.6 is 0 Å². The molecular weight excluding hydrogens is 372 g/mol. The molecule has 0 aromatic heterocycles. The van der Waals surface area contributed by atoms with Crippen molar-refractivity contribution >= 4 is 23.2 Å². The topological polar surface area (TPSA) is 77.1 Å². The average Bonchev–Trinajstić information content (AvgIpc) is 2.71. The summed E-state index contributed by atoms with van der Waals surface area (Å²) in [7, 11) is 0. The van der Waals surface area contributed by atoms with Crippen LogP contribution in [0.25, 0.3) is 0 Å². The zero-order chi connectivity index (χ0) is 20.8. The first-order valence-electron chi connectivity index (χ1n) is 9.40. The molecule has 7 nitrogen and oxygen atoms in total. The highest BCUT2D eigenvalue weighted by Gasteiger charge is 2.31. The lowest BCUT2D eigenvalue weighted by molar-refractivity contribution is -0.125. The number of carbonyl (C=O) groups is 2. The van der Waals surface area contributed by atoms with Gasteiger partial charge in [0.05, 0.1) is 12.3 Å². The SMILES string of the molecule is C=CCN1C(=O)C(C)Oc2ccc(NC(=O)COc3ccc(OCC)cc3)cc21. The number of hydrogen-bond donors (Lipinski definition) is 1. The van der Waals surface area contributed by atoms with E-state index in [4.69, 9.17) is 14.2 Å². The maximum atomic E-state index is 12.4. The van der Waals surface area contributed by atoms with Crippen LogP contribution in [0.1, 0.15) is 13.8 Å². The van der Waals surface area contributed by atoms with Crippen molar-refractivity contribution in [3.8, 4) is 17.2 Å². The number of ether oxygens (including phenoxy) is 3. The van der Waals surface area contributed by atoms with E-state index in [-0.39, 0.29) is 18.4 Å². The summed E-state index contributed by atoms with van der Waals surface area (Å²) >= 11 is 0. The van der Waals surface area contributed by atoms with Crippen LogP contribution in [0.4, 0.5) is 11.4 Å². The predicted octanol–water partition coefficient (Wildman–Crippen LogP) is 3.40. The normalized spacial score (nSPS) is 15.2. The van der Waals surface area contributed by atoms with Gasteiger partial charge in [-0.1, -0.05) is 6.08 Å². The Kier molecular flexibility index (Phi) is 6.39. The van der Waals surface area contributed by atoms with Gasteiger partial charge in [0.2, 0.25) is 0 Å². The van der Waals surface area contributed by atoms with Gasteiger partial charge >= 0.3 is 0 Å². The van der Waals surface area contributed by atoms with Gasteiger partial charge in [0.25, 0.3) is 11.8 Å². The Morgan fingerprint density at radius 2 is 1.90 bits per heavy atom. The molecule has 29 heavy (non-hydrogen) atoms. The van der Waals surface area contributed by atoms with Crippen LogP contribution in [0.5, 0.6) is 17.2 Å². The third-order valence-corrected chi connectivity index (χ3v) is 4.27. The van der Waals surface area contributed by atoms with E-state index in [1.165, 1.54) is 0 Å². The molecule has 1 atom stereocenters. The van der Waals surface area contributed by atoms with Crippen LogP contribution in [0.2, 0.25) is 0 Å². The van der Waals surface area contributed by atoms with E-state index in [2.05, 4.69) is 11.9 Å². The summed E-state index contributed by atoms with van der Waals surface area (Å²) in [4.78, 5) is 26.2. The molecule has 2 aromatic rings. The largest absolute Gasteiger partial charge is 0.494 e. The maximum Gasteiger partial charge on any atom is 0.268 e. The summed E-state index contributed by atoms with van der Waals surface area (Å²) in [5, 5.41) is 2.77. The summed E-state index contributed by atoms with van der Waals surface area (Å²) in [6, 6.07) is 12.2. The lowest BCUT2D eigenvalue weighted by atomic mass is 10.1. The Morgan fingerprint density at radius 3 is 2.55 bits per heavy atom. The van der Waals surface area contributed by atoms with Crippen LogP contribution in [0.15, 0.2) is 55.1 Å². The second-order valence-corrected chi connectivity index (χ2v) is 6.42. The summed E-state index contributed by atoms with van der Waals surface area (Å²) in [5.74, 6) is 1.43. The third kappa shape index (κ3) is 4.87. The third-order valence-electron chi connectivity index (χ3n) is 4.27. The molecule has 152 valence electrons. The first-order chi connectivity index (χ1) is 14.0. The second-order valence-electron chi connectivity index (χ2n) is 6.42. The number of nitrogens with one attached hydrogen (secondary N) is 1. The van der Waals surface area contributed by atoms with Gasteiger partial charge in [-0.25, -0.2) is 0 Å². The van der Waals surface area contributed by atoms with Crippen molar-refractivity contribution in [3.05, 3.63) is 55.1 Å². The number of carbonyl (C=O) groups excluding carboxylic acids is 2. The van der Waals surface area contributed by atoms with E-state index in [1.807, 2.05) is 6.92 Å². The molecule has 3 rings (SSSR count). The molecule has 0 saturated carbocycles. The van der Waals surface area contributed by atoms with E-state index in [1.54, 1.807) is 60.4 Å². The van der Waals surface area contributed by atoms with Gasteiger partial charge < -0.3 is 24.4 Å². The van der Waals surface area contributed by atoms with Crippen molar-refractivity contribution in [2.75, 3.05) is 30.0 Å². The molecular formula is C22H24N2O5. The maximum absolute atomic E-state index is 12.4. The van der Waals surface area contributed by atoms with Crippen LogP contribution in [0, 0.1) is 0 Å². The summed E-state index contributed by atoms with van der Waals surface area (Å²) in [6.07, 6.45) is 1.08. The zero-order valence-corrected chi connectivity index (χ0v) is 16.5. The first kappa shape index (κ1) is 20.3. The zero-order valence-electron chi connectivity index (χ0n) is 16.5. The van der Waals surface area contributed by atoms with Gasteiger partial charge in [-0.05, 0) is 56.3 Å². The molecule has 2 amide bonds. The number of hydrogen-bond acceptors (Lipinski definition) is 5. The standard InChI is InChI=1S/C22H24N2O5/c1-4-12-24-19-13-16(6-11-20(19)29-15(3)22(24)26)23-21(25)14-28-18-9-7-17(8-10-18)27-5-2/h4,6-11,13,15H,1,5,12,14H2,2-3H3,(H,23,25). The molecule has 0 saturated heterocycles. The summed E-state index contributed by atoms with van der Waals surface area (Å²) in [6.45, 7) is 8.11. The predicted molar refractivity (Wildman–Crippen MR) is 111 cm³/mol. The molecule has 1 aliphatic rings. The fraction of sp³-hybridized carbons (Fsp3) is 0.273. The van der Waals surface area contributed by atoms with Crippen molar-refractivity contribution in [1.29, 1.82) is 0 Å². The number of fused-ring (bicyclic) bond motifs is 1. The van der Waals surface area contributed by atoms with E-state index in [9.17, 15) is 9.59 Å². The quantitative estimate of drug-likeness (QED) is 0.692. The van der Waals surface area contributed by atoms with Gasteiger partial charge in [-0.3, -0.25) is 9.59 Å². The summed E-state index contributed by atoms with van der Waals surface area (Å²) < 4.78 is 16.5. The minimum atomic E-state index is -0.564. The van der Waals surface area contributed by atoms with Crippen LogP contribution in [0.3, 0.4) is 0 Å². The van der Waals surface area contributed by atoms with Gasteiger partial charge in [0.1, 0.15) is 17.2 Å². The molecule has 1 unspecified atom stereocenters. The molecule has 0 fully saturated rings. The Labute approximate surface area is 169 Å². The number of nitrogens with zero attached hydrogens (tertiary/aromatic N) is 1. The first-order valence-corrected chi connectivity index (χ1v) is 9.40. The summed E-state index contributed by atoms with van der Waals surface area (Å²) in [5.41, 5.74) is 1.14. The van der Waals surface area contributed by atoms with Gasteiger partial charge in [0, 0.05) is 12.2 Å². The number of rotatable bonds is 8. The van der Waals surface area contributed by atoms with Crippen molar-refractivity contribution in [1.82, 2.24) is 0 Å². The molecule has 1 heterocycles. The van der Waals surface area contributed by atoms with E-state index in [0.717, 1.165) is 5.75 Å². The number of anilines is 2. The highest BCUT2D eigenvalue weighted by Crippen LogP contribution is 2.36. The Balaban J connectivity index is 1.63. The van der Waals surface area contributed by atoms with E-state index in [0.29, 0.717) is 36.0 Å². The highest BCUT2D eigenvalue weighted by molar-refractivity contribution is 6.01. The minimum absolute atomic E-state index is 0.145. The van der Waals surface area contributed by atoms with Crippen molar-refractivity contribution in [2.45, 2.75) is 20.0 Å².